The first-order chi connectivity index (χ1) is 6.56. The van der Waals surface area contributed by atoms with Crippen molar-refractivity contribution in [2.24, 2.45) is 0 Å². The van der Waals surface area contributed by atoms with Crippen molar-refractivity contribution in [1.82, 2.24) is 0 Å². The average molecular weight is 284 g/mol. The van der Waals surface area contributed by atoms with E-state index in [0.29, 0.717) is 5.02 Å². The van der Waals surface area contributed by atoms with Gasteiger partial charge in [-0.05, 0) is 18.2 Å². The molecule has 2 N–H and O–H groups in total. The molecule has 2 atom stereocenters. The fraction of sp³-hybridized carbons (Fsp3) is 0.333. The largest absolute Gasteiger partial charge is 0.389 e. The summed E-state index contributed by atoms with van der Waals surface area (Å²) in [5.41, 5.74) is 0.00412. The molecule has 14 heavy (non-hydrogen) atoms. The van der Waals surface area contributed by atoms with Gasteiger partial charge >= 0.3 is 0 Å². The molecule has 2 unspecified atom stereocenters. The SMILES string of the molecule is OC(CBr)C(O)c1cc(Cl)ccc1F. The zero-order valence-electron chi connectivity index (χ0n) is 7.12. The molecule has 1 rings (SSSR count). The summed E-state index contributed by atoms with van der Waals surface area (Å²) >= 11 is 8.63. The first kappa shape index (κ1) is 11.9. The topological polar surface area (TPSA) is 40.5 Å². The zero-order chi connectivity index (χ0) is 10.7. The average Bonchev–Trinajstić information content (AvgIpc) is 2.19. The molecule has 0 heterocycles. The Labute approximate surface area is 94.5 Å². The molecule has 78 valence electrons. The minimum Gasteiger partial charge on any atom is -0.389 e. The van der Waals surface area contributed by atoms with Gasteiger partial charge in [0.2, 0.25) is 0 Å². The van der Waals surface area contributed by atoms with Crippen LogP contribution in [0.1, 0.15) is 11.7 Å². The van der Waals surface area contributed by atoms with E-state index in [2.05, 4.69) is 15.9 Å². The molecular weight excluding hydrogens is 274 g/mol. The van der Waals surface area contributed by atoms with Crippen LogP contribution in [0.4, 0.5) is 4.39 Å². The van der Waals surface area contributed by atoms with Crippen LogP contribution in [0.15, 0.2) is 18.2 Å². The maximum absolute atomic E-state index is 13.2. The summed E-state index contributed by atoms with van der Waals surface area (Å²) in [7, 11) is 0. The molecule has 0 radical (unpaired) electrons. The fourth-order valence-electron chi connectivity index (χ4n) is 1.03. The van der Waals surface area contributed by atoms with Crippen LogP contribution in [0.5, 0.6) is 0 Å². The molecule has 2 nitrogen and oxygen atoms in total. The monoisotopic (exact) mass is 282 g/mol. The fourth-order valence-corrected chi connectivity index (χ4v) is 1.57. The van der Waals surface area contributed by atoms with E-state index < -0.39 is 18.0 Å². The van der Waals surface area contributed by atoms with Crippen LogP contribution in [0.25, 0.3) is 0 Å². The normalized spacial score (nSPS) is 15.2. The Hall–Kier alpha value is -0.160. The molecule has 0 aromatic heterocycles. The first-order valence-corrected chi connectivity index (χ1v) is 5.43. The molecule has 0 aliphatic rings. The van der Waals surface area contributed by atoms with Crippen LogP contribution in [0.3, 0.4) is 0 Å². The summed E-state index contributed by atoms with van der Waals surface area (Å²) in [5.74, 6) is -0.582. The molecule has 0 aliphatic heterocycles. The number of benzene rings is 1. The van der Waals surface area contributed by atoms with Gasteiger partial charge in [0, 0.05) is 15.9 Å². The van der Waals surface area contributed by atoms with Gasteiger partial charge in [-0.25, -0.2) is 4.39 Å². The van der Waals surface area contributed by atoms with Crippen molar-refractivity contribution in [2.45, 2.75) is 12.2 Å². The standard InChI is InChI=1S/C9H9BrClFO2/c10-4-8(13)9(14)6-3-5(11)1-2-7(6)12/h1-3,8-9,13-14H,4H2. The molecular formula is C9H9BrClFO2. The van der Waals surface area contributed by atoms with E-state index in [9.17, 15) is 14.6 Å². The number of rotatable bonds is 3. The third-order valence-electron chi connectivity index (χ3n) is 1.80. The zero-order valence-corrected chi connectivity index (χ0v) is 9.46. The second-order valence-electron chi connectivity index (χ2n) is 2.83. The second kappa shape index (κ2) is 5.07. The first-order valence-electron chi connectivity index (χ1n) is 3.93. The van der Waals surface area contributed by atoms with Crippen molar-refractivity contribution in [3.8, 4) is 0 Å². The number of hydrogen-bond donors (Lipinski definition) is 2. The van der Waals surface area contributed by atoms with Crippen molar-refractivity contribution in [2.75, 3.05) is 5.33 Å². The summed E-state index contributed by atoms with van der Waals surface area (Å²) in [6.45, 7) is 0. The van der Waals surface area contributed by atoms with Crippen LogP contribution < -0.4 is 0 Å². The molecule has 0 bridgehead atoms. The highest BCUT2D eigenvalue weighted by molar-refractivity contribution is 9.09. The Bertz CT molecular complexity index is 322. The molecule has 0 spiro atoms. The maximum Gasteiger partial charge on any atom is 0.129 e. The van der Waals surface area contributed by atoms with Gasteiger partial charge in [-0.1, -0.05) is 27.5 Å². The van der Waals surface area contributed by atoms with Crippen molar-refractivity contribution in [1.29, 1.82) is 0 Å². The summed E-state index contributed by atoms with van der Waals surface area (Å²) < 4.78 is 13.2. The van der Waals surface area contributed by atoms with Gasteiger partial charge in [0.05, 0.1) is 6.10 Å². The van der Waals surface area contributed by atoms with E-state index in [4.69, 9.17) is 11.6 Å². The molecule has 0 saturated heterocycles. The lowest BCUT2D eigenvalue weighted by Crippen LogP contribution is -2.20. The van der Waals surface area contributed by atoms with E-state index >= 15 is 0 Å². The minimum absolute atomic E-state index is 0.00412. The van der Waals surface area contributed by atoms with Gasteiger partial charge in [-0.2, -0.15) is 0 Å². The summed E-state index contributed by atoms with van der Waals surface area (Å²) in [6.07, 6.45) is -2.32. The highest BCUT2D eigenvalue weighted by Crippen LogP contribution is 2.24. The van der Waals surface area contributed by atoms with Gasteiger partial charge in [0.1, 0.15) is 11.9 Å². The second-order valence-corrected chi connectivity index (χ2v) is 3.92. The third kappa shape index (κ3) is 2.67. The maximum atomic E-state index is 13.2. The molecule has 0 fully saturated rings. The Kier molecular flexibility index (Phi) is 4.31. The third-order valence-corrected chi connectivity index (χ3v) is 2.70. The van der Waals surface area contributed by atoms with E-state index in [1.165, 1.54) is 12.1 Å². The lowest BCUT2D eigenvalue weighted by Gasteiger charge is -2.16. The highest BCUT2D eigenvalue weighted by Gasteiger charge is 2.20. The smallest absolute Gasteiger partial charge is 0.129 e. The van der Waals surface area contributed by atoms with Crippen LogP contribution in [0.2, 0.25) is 5.02 Å². The predicted octanol–water partition coefficient (Wildman–Crippen LogP) is 2.27. The van der Waals surface area contributed by atoms with Gasteiger partial charge in [-0.15, -0.1) is 0 Å². The van der Waals surface area contributed by atoms with E-state index in [1.54, 1.807) is 0 Å². The number of hydrogen-bond acceptors (Lipinski definition) is 2. The molecule has 1 aromatic rings. The van der Waals surface area contributed by atoms with Crippen molar-refractivity contribution in [3.05, 3.63) is 34.6 Å². The van der Waals surface area contributed by atoms with Crippen molar-refractivity contribution < 1.29 is 14.6 Å². The summed E-state index contributed by atoms with van der Waals surface area (Å²) in [4.78, 5) is 0. The summed E-state index contributed by atoms with van der Waals surface area (Å²) in [5, 5.41) is 19.3. The van der Waals surface area contributed by atoms with Crippen LogP contribution in [-0.2, 0) is 0 Å². The molecule has 5 heteroatoms. The lowest BCUT2D eigenvalue weighted by atomic mass is 10.1. The Morgan fingerprint density at radius 3 is 2.64 bits per heavy atom. The minimum atomic E-state index is -1.27. The number of halogens is 3. The van der Waals surface area contributed by atoms with Gasteiger partial charge in [0.25, 0.3) is 0 Å². The van der Waals surface area contributed by atoms with Gasteiger partial charge in [-0.3, -0.25) is 0 Å². The predicted molar refractivity (Wildman–Crippen MR) is 56.2 cm³/mol. The van der Waals surface area contributed by atoms with Crippen molar-refractivity contribution in [3.63, 3.8) is 0 Å². The summed E-state index contributed by atoms with van der Waals surface area (Å²) in [6, 6.07) is 3.84. The highest BCUT2D eigenvalue weighted by atomic mass is 79.9. The molecule has 0 amide bonds. The quantitative estimate of drug-likeness (QED) is 0.836. The van der Waals surface area contributed by atoms with Crippen LogP contribution >= 0.6 is 27.5 Å². The molecule has 0 saturated carbocycles. The Morgan fingerprint density at radius 1 is 1.43 bits per heavy atom. The molecule has 1 aromatic carbocycles. The number of aliphatic hydroxyl groups is 2. The van der Waals surface area contributed by atoms with E-state index in [0.717, 1.165) is 6.07 Å². The lowest BCUT2D eigenvalue weighted by molar-refractivity contribution is 0.0320. The molecule has 0 aliphatic carbocycles. The van der Waals surface area contributed by atoms with Gasteiger partial charge in [0.15, 0.2) is 0 Å². The van der Waals surface area contributed by atoms with E-state index in [1.807, 2.05) is 0 Å². The number of aliphatic hydroxyl groups excluding tert-OH is 2. The van der Waals surface area contributed by atoms with Crippen LogP contribution in [0, 0.1) is 5.82 Å². The van der Waals surface area contributed by atoms with Crippen LogP contribution in [-0.4, -0.2) is 21.6 Å². The Balaban J connectivity index is 2.99. The Morgan fingerprint density at radius 2 is 2.07 bits per heavy atom. The van der Waals surface area contributed by atoms with Crippen molar-refractivity contribution >= 4 is 27.5 Å². The number of alkyl halides is 1. The van der Waals surface area contributed by atoms with Gasteiger partial charge < -0.3 is 10.2 Å². The van der Waals surface area contributed by atoms with E-state index in [-0.39, 0.29) is 10.9 Å².